The Morgan fingerprint density at radius 2 is 2.48 bits per heavy atom. The van der Waals surface area contributed by atoms with Crippen LogP contribution in [0, 0.1) is 26.9 Å². The molecule has 2 N–H and O–H groups in total. The van der Waals surface area contributed by atoms with Crippen LogP contribution in [0.3, 0.4) is 0 Å². The number of nitriles is 1. The summed E-state index contributed by atoms with van der Waals surface area (Å²) in [7, 11) is 0. The Bertz CT molecular complexity index is 641. The molecule has 0 bridgehead atoms. The maximum absolute atomic E-state index is 11.3. The summed E-state index contributed by atoms with van der Waals surface area (Å²) in [6, 6.07) is 2.19. The van der Waals surface area contributed by atoms with Crippen molar-refractivity contribution in [3.05, 3.63) is 27.9 Å². The van der Waals surface area contributed by atoms with E-state index in [4.69, 9.17) is 10.00 Å². The molecule has 2 rings (SSSR count). The maximum atomic E-state index is 11.3. The Morgan fingerprint density at radius 3 is 3.05 bits per heavy atom. The van der Waals surface area contributed by atoms with Crippen LogP contribution in [0.2, 0.25) is 0 Å². The summed E-state index contributed by atoms with van der Waals surface area (Å²) in [5.74, 6) is -1.14. The molecule has 0 radical (unpaired) electrons. The number of carbonyl (C=O) groups is 1. The number of hydrogen-bond donors (Lipinski definition) is 2. The van der Waals surface area contributed by atoms with Crippen LogP contribution in [0.15, 0.2) is 12.3 Å². The van der Waals surface area contributed by atoms with E-state index in [-0.39, 0.29) is 30.3 Å². The quantitative estimate of drug-likeness (QED) is 0.612. The van der Waals surface area contributed by atoms with Crippen LogP contribution in [0.5, 0.6) is 0 Å². The molecule has 1 fully saturated rings. The van der Waals surface area contributed by atoms with Crippen molar-refractivity contribution >= 4 is 17.5 Å². The third-order valence-electron chi connectivity index (χ3n) is 3.45. The predicted molar refractivity (Wildman–Crippen MR) is 69.6 cm³/mol. The van der Waals surface area contributed by atoms with Crippen molar-refractivity contribution in [1.29, 1.82) is 5.26 Å². The minimum Gasteiger partial charge on any atom is -0.481 e. The first-order valence-corrected chi connectivity index (χ1v) is 6.00. The lowest BCUT2D eigenvalue weighted by molar-refractivity contribution is -0.384. The van der Waals surface area contributed by atoms with Crippen molar-refractivity contribution in [2.75, 3.05) is 18.5 Å². The second-order valence-electron chi connectivity index (χ2n) is 4.90. The molecule has 0 saturated carbocycles. The molecule has 110 valence electrons. The third kappa shape index (κ3) is 2.61. The standard InChI is InChI=1S/C12H12N4O5/c1-12(11(17)18)6-21-5-9(12)15-10-8(16(19)20)2-7(3-13)4-14-10/h2,4,9H,5-6H2,1H3,(H,14,15)(H,17,18). The number of ether oxygens (including phenoxy) is 1. The predicted octanol–water partition coefficient (Wildman–Crippen LogP) is 0.763. The van der Waals surface area contributed by atoms with Gasteiger partial charge in [0, 0.05) is 12.3 Å². The molecule has 0 aromatic carbocycles. The number of aliphatic carboxylic acids is 1. The number of rotatable bonds is 4. The number of nitrogens with zero attached hydrogens (tertiary/aromatic N) is 3. The van der Waals surface area contributed by atoms with Crippen molar-refractivity contribution in [3.8, 4) is 6.07 Å². The lowest BCUT2D eigenvalue weighted by Gasteiger charge is -2.25. The van der Waals surface area contributed by atoms with E-state index in [1.165, 1.54) is 13.1 Å². The van der Waals surface area contributed by atoms with Gasteiger partial charge in [0.1, 0.15) is 11.5 Å². The zero-order chi connectivity index (χ0) is 15.6. The molecule has 9 nitrogen and oxygen atoms in total. The van der Waals surface area contributed by atoms with Gasteiger partial charge in [-0.1, -0.05) is 0 Å². The van der Waals surface area contributed by atoms with Gasteiger partial charge in [-0.15, -0.1) is 0 Å². The van der Waals surface area contributed by atoms with Gasteiger partial charge in [-0.25, -0.2) is 4.98 Å². The van der Waals surface area contributed by atoms with Gasteiger partial charge in [-0.2, -0.15) is 5.26 Å². The summed E-state index contributed by atoms with van der Waals surface area (Å²) in [6.45, 7) is 1.60. The summed E-state index contributed by atoms with van der Waals surface area (Å²) in [4.78, 5) is 25.5. The molecule has 21 heavy (non-hydrogen) atoms. The van der Waals surface area contributed by atoms with Gasteiger partial charge >= 0.3 is 11.7 Å². The average molecular weight is 292 g/mol. The Hall–Kier alpha value is -2.73. The van der Waals surface area contributed by atoms with Crippen LogP contribution in [0.1, 0.15) is 12.5 Å². The number of carboxylic acid groups (broad SMARTS) is 1. The lowest BCUT2D eigenvalue weighted by Crippen LogP contribution is -2.43. The monoisotopic (exact) mass is 292 g/mol. The first-order chi connectivity index (χ1) is 9.88. The van der Waals surface area contributed by atoms with Gasteiger partial charge in [-0.05, 0) is 6.92 Å². The fourth-order valence-electron chi connectivity index (χ4n) is 2.01. The minimum absolute atomic E-state index is 0.00404. The average Bonchev–Trinajstić information content (AvgIpc) is 2.82. The first kappa shape index (κ1) is 14.7. The number of carboxylic acids is 1. The van der Waals surface area contributed by atoms with Crippen molar-refractivity contribution in [2.24, 2.45) is 5.41 Å². The van der Waals surface area contributed by atoms with Gasteiger partial charge in [0.25, 0.3) is 0 Å². The molecule has 1 saturated heterocycles. The Balaban J connectivity index is 2.34. The van der Waals surface area contributed by atoms with Crippen molar-refractivity contribution in [3.63, 3.8) is 0 Å². The zero-order valence-corrected chi connectivity index (χ0v) is 11.1. The summed E-state index contributed by atoms with van der Waals surface area (Å²) in [5, 5.41) is 31.8. The maximum Gasteiger partial charge on any atom is 0.313 e. The highest BCUT2D eigenvalue weighted by Gasteiger charge is 2.47. The molecule has 1 aromatic heterocycles. The minimum atomic E-state index is -1.20. The van der Waals surface area contributed by atoms with Gasteiger partial charge in [0.15, 0.2) is 0 Å². The van der Waals surface area contributed by atoms with E-state index in [1.54, 1.807) is 6.07 Å². The van der Waals surface area contributed by atoms with E-state index in [0.717, 1.165) is 6.07 Å². The Kier molecular flexibility index (Phi) is 3.73. The summed E-state index contributed by atoms with van der Waals surface area (Å²) < 4.78 is 5.16. The molecule has 0 spiro atoms. The molecule has 1 aromatic rings. The van der Waals surface area contributed by atoms with Gasteiger partial charge in [-0.3, -0.25) is 14.9 Å². The first-order valence-electron chi connectivity index (χ1n) is 6.00. The van der Waals surface area contributed by atoms with E-state index in [9.17, 15) is 20.0 Å². The number of pyridine rings is 1. The molecular weight excluding hydrogens is 280 g/mol. The van der Waals surface area contributed by atoms with Crippen molar-refractivity contribution in [1.82, 2.24) is 4.98 Å². The second-order valence-corrected chi connectivity index (χ2v) is 4.90. The molecule has 9 heteroatoms. The molecule has 0 aliphatic carbocycles. The lowest BCUT2D eigenvalue weighted by atomic mass is 9.85. The highest BCUT2D eigenvalue weighted by Crippen LogP contribution is 2.33. The van der Waals surface area contributed by atoms with Crippen molar-refractivity contribution in [2.45, 2.75) is 13.0 Å². The van der Waals surface area contributed by atoms with Crippen LogP contribution in [0.25, 0.3) is 0 Å². The SMILES string of the molecule is CC1(C(=O)O)COCC1Nc1ncc(C#N)cc1[N+](=O)[O-]. The largest absolute Gasteiger partial charge is 0.481 e. The number of nitro groups is 1. The second kappa shape index (κ2) is 5.34. The van der Waals surface area contributed by atoms with E-state index < -0.39 is 22.3 Å². The van der Waals surface area contributed by atoms with E-state index in [0.29, 0.717) is 0 Å². The van der Waals surface area contributed by atoms with E-state index in [2.05, 4.69) is 10.3 Å². The molecule has 2 heterocycles. The van der Waals surface area contributed by atoms with Gasteiger partial charge in [0.2, 0.25) is 5.82 Å². The summed E-state index contributed by atoms with van der Waals surface area (Å²) in [6.07, 6.45) is 1.18. The fourth-order valence-corrected chi connectivity index (χ4v) is 2.01. The van der Waals surface area contributed by atoms with E-state index in [1.807, 2.05) is 0 Å². The van der Waals surface area contributed by atoms with Crippen LogP contribution < -0.4 is 5.32 Å². The number of aromatic nitrogens is 1. The molecule has 1 aliphatic rings. The Morgan fingerprint density at radius 1 is 1.76 bits per heavy atom. The van der Waals surface area contributed by atoms with Gasteiger partial charge in [0.05, 0.1) is 29.7 Å². The van der Waals surface area contributed by atoms with Crippen molar-refractivity contribution < 1.29 is 19.6 Å². The Labute approximate surface area is 119 Å². The molecular formula is C12H12N4O5. The number of anilines is 1. The highest BCUT2D eigenvalue weighted by molar-refractivity contribution is 5.77. The van der Waals surface area contributed by atoms with E-state index >= 15 is 0 Å². The topological polar surface area (TPSA) is 138 Å². The smallest absolute Gasteiger partial charge is 0.313 e. The van der Waals surface area contributed by atoms with Crippen LogP contribution in [0.4, 0.5) is 11.5 Å². The van der Waals surface area contributed by atoms with Crippen LogP contribution in [-0.4, -0.2) is 40.2 Å². The number of nitrogens with one attached hydrogen (secondary N) is 1. The number of hydrogen-bond acceptors (Lipinski definition) is 7. The van der Waals surface area contributed by atoms with Crippen LogP contribution in [-0.2, 0) is 9.53 Å². The third-order valence-corrected chi connectivity index (χ3v) is 3.45. The summed E-state index contributed by atoms with van der Waals surface area (Å²) >= 11 is 0. The summed E-state index contributed by atoms with van der Waals surface area (Å²) in [5.41, 5.74) is -1.53. The normalized spacial score (nSPS) is 24.3. The van der Waals surface area contributed by atoms with Crippen LogP contribution >= 0.6 is 0 Å². The molecule has 1 aliphatic heterocycles. The van der Waals surface area contributed by atoms with Gasteiger partial charge < -0.3 is 15.2 Å². The molecule has 2 atom stereocenters. The fraction of sp³-hybridized carbons (Fsp3) is 0.417. The zero-order valence-electron chi connectivity index (χ0n) is 11.1. The molecule has 2 unspecified atom stereocenters. The highest BCUT2D eigenvalue weighted by atomic mass is 16.6. The molecule has 0 amide bonds.